The normalized spacial score (nSPS) is 30.5. The van der Waals surface area contributed by atoms with Crippen LogP contribution in [0.5, 0.6) is 0 Å². The lowest BCUT2D eigenvalue weighted by Crippen LogP contribution is -2.43. The van der Waals surface area contributed by atoms with Gasteiger partial charge in [-0.1, -0.05) is 13.8 Å². The van der Waals surface area contributed by atoms with Crippen molar-refractivity contribution < 1.29 is 0 Å². The maximum atomic E-state index is 3.83. The van der Waals surface area contributed by atoms with Crippen LogP contribution in [0.4, 0.5) is 0 Å². The number of hydrogen-bond donors (Lipinski definition) is 1. The van der Waals surface area contributed by atoms with E-state index in [0.717, 1.165) is 24.5 Å². The Kier molecular flexibility index (Phi) is 5.27. The molecule has 0 spiro atoms. The zero-order valence-electron chi connectivity index (χ0n) is 13.5. The van der Waals surface area contributed by atoms with Crippen LogP contribution in [-0.2, 0) is 0 Å². The Bertz CT molecular complexity index is 273. The molecule has 112 valence electrons. The van der Waals surface area contributed by atoms with Crippen molar-refractivity contribution in [2.24, 2.45) is 5.92 Å². The first-order valence-electron chi connectivity index (χ1n) is 8.13. The van der Waals surface area contributed by atoms with E-state index < -0.39 is 0 Å². The Labute approximate surface area is 119 Å². The average Bonchev–Trinajstić information content (AvgIpc) is 3.08. The predicted octanol–water partition coefficient (Wildman–Crippen LogP) is 2.18. The number of nitrogens with zero attached hydrogens (tertiary/aromatic N) is 2. The van der Waals surface area contributed by atoms with Crippen LogP contribution < -0.4 is 5.32 Å². The Hall–Kier alpha value is -0.120. The zero-order chi connectivity index (χ0) is 14.0. The fraction of sp³-hybridized carbons (Fsp3) is 1.00. The van der Waals surface area contributed by atoms with Crippen LogP contribution in [0.25, 0.3) is 0 Å². The van der Waals surface area contributed by atoms with Crippen LogP contribution in [0.3, 0.4) is 0 Å². The molecule has 1 aliphatic carbocycles. The van der Waals surface area contributed by atoms with Crippen molar-refractivity contribution in [1.82, 2.24) is 15.1 Å². The van der Waals surface area contributed by atoms with E-state index >= 15 is 0 Å². The summed E-state index contributed by atoms with van der Waals surface area (Å²) in [6.45, 7) is 9.46. The summed E-state index contributed by atoms with van der Waals surface area (Å²) in [7, 11) is 4.42. The highest BCUT2D eigenvalue weighted by Gasteiger charge is 2.38. The maximum absolute atomic E-state index is 3.83. The molecule has 0 aromatic heterocycles. The van der Waals surface area contributed by atoms with Crippen molar-refractivity contribution in [2.75, 3.05) is 27.2 Å². The average molecular weight is 267 g/mol. The molecule has 19 heavy (non-hydrogen) atoms. The Balaban J connectivity index is 1.74. The topological polar surface area (TPSA) is 18.5 Å². The van der Waals surface area contributed by atoms with Gasteiger partial charge in [0.2, 0.25) is 0 Å². The van der Waals surface area contributed by atoms with Gasteiger partial charge in [0.15, 0.2) is 0 Å². The first kappa shape index (κ1) is 15.3. The van der Waals surface area contributed by atoms with Crippen LogP contribution in [0.15, 0.2) is 0 Å². The molecule has 0 amide bonds. The minimum Gasteiger partial charge on any atom is -0.311 e. The quantitative estimate of drug-likeness (QED) is 0.763. The fourth-order valence-electron chi connectivity index (χ4n) is 3.44. The van der Waals surface area contributed by atoms with Gasteiger partial charge >= 0.3 is 0 Å². The number of nitrogens with one attached hydrogen (secondary N) is 1. The van der Waals surface area contributed by atoms with Gasteiger partial charge in [-0.05, 0) is 52.6 Å². The minimum absolute atomic E-state index is 0.672. The molecule has 0 bridgehead atoms. The van der Waals surface area contributed by atoms with Crippen molar-refractivity contribution in [3.63, 3.8) is 0 Å². The maximum Gasteiger partial charge on any atom is 0.0217 e. The molecule has 3 unspecified atom stereocenters. The molecule has 3 nitrogen and oxygen atoms in total. The molecule has 1 aliphatic heterocycles. The predicted molar refractivity (Wildman–Crippen MR) is 82.5 cm³/mol. The third kappa shape index (κ3) is 4.44. The lowest BCUT2D eigenvalue weighted by Gasteiger charge is -2.28. The molecular formula is C16H33N3. The largest absolute Gasteiger partial charge is 0.311 e. The summed E-state index contributed by atoms with van der Waals surface area (Å²) < 4.78 is 0. The second-order valence-corrected chi connectivity index (χ2v) is 7.36. The van der Waals surface area contributed by atoms with Crippen LogP contribution in [0.1, 0.15) is 46.5 Å². The molecule has 0 radical (unpaired) electrons. The van der Waals surface area contributed by atoms with Gasteiger partial charge in [-0.2, -0.15) is 0 Å². The van der Waals surface area contributed by atoms with E-state index in [1.807, 2.05) is 0 Å². The molecule has 1 N–H and O–H groups in total. The van der Waals surface area contributed by atoms with Crippen molar-refractivity contribution in [2.45, 2.75) is 70.6 Å². The molecular weight excluding hydrogens is 234 g/mol. The summed E-state index contributed by atoms with van der Waals surface area (Å²) in [6, 6.07) is 3.09. The molecule has 2 fully saturated rings. The zero-order valence-corrected chi connectivity index (χ0v) is 13.5. The van der Waals surface area contributed by atoms with Gasteiger partial charge in [-0.15, -0.1) is 0 Å². The third-order valence-electron chi connectivity index (χ3n) is 4.75. The molecule has 1 saturated heterocycles. The summed E-state index contributed by atoms with van der Waals surface area (Å²) >= 11 is 0. The smallest absolute Gasteiger partial charge is 0.0217 e. The van der Waals surface area contributed by atoms with E-state index in [4.69, 9.17) is 0 Å². The third-order valence-corrected chi connectivity index (χ3v) is 4.75. The van der Waals surface area contributed by atoms with Gasteiger partial charge < -0.3 is 10.2 Å². The lowest BCUT2D eigenvalue weighted by molar-refractivity contribution is 0.235. The van der Waals surface area contributed by atoms with E-state index in [2.05, 4.69) is 50.0 Å². The number of likely N-dealkylation sites (N-methyl/N-ethyl adjacent to an activating group) is 1. The number of rotatable bonds is 7. The van der Waals surface area contributed by atoms with Crippen molar-refractivity contribution in [3.8, 4) is 0 Å². The SMILES string of the molecule is CC(C)CC(CNC1CC(C)N(C2CC2)C1)N(C)C. The molecule has 1 heterocycles. The van der Waals surface area contributed by atoms with Gasteiger partial charge in [0.1, 0.15) is 0 Å². The van der Waals surface area contributed by atoms with E-state index in [1.165, 1.54) is 32.2 Å². The van der Waals surface area contributed by atoms with Crippen molar-refractivity contribution in [1.29, 1.82) is 0 Å². The number of hydrogen-bond acceptors (Lipinski definition) is 3. The second-order valence-electron chi connectivity index (χ2n) is 7.36. The second kappa shape index (κ2) is 6.55. The molecule has 3 atom stereocenters. The molecule has 2 rings (SSSR count). The monoisotopic (exact) mass is 267 g/mol. The van der Waals surface area contributed by atoms with E-state index in [-0.39, 0.29) is 0 Å². The standard InChI is InChI=1S/C16H33N3/c1-12(2)8-16(18(4)5)10-17-14-9-13(3)19(11-14)15-6-7-15/h12-17H,6-11H2,1-5H3. The van der Waals surface area contributed by atoms with Crippen LogP contribution in [-0.4, -0.2) is 61.2 Å². The van der Waals surface area contributed by atoms with Crippen molar-refractivity contribution >= 4 is 0 Å². The fourth-order valence-corrected chi connectivity index (χ4v) is 3.44. The highest BCUT2D eigenvalue weighted by atomic mass is 15.3. The first-order valence-corrected chi connectivity index (χ1v) is 8.13. The lowest BCUT2D eigenvalue weighted by atomic mass is 10.0. The van der Waals surface area contributed by atoms with E-state index in [9.17, 15) is 0 Å². The molecule has 2 aliphatic rings. The highest BCUT2D eigenvalue weighted by Crippen LogP contribution is 2.33. The summed E-state index contributed by atoms with van der Waals surface area (Å²) in [4.78, 5) is 5.11. The number of likely N-dealkylation sites (tertiary alicyclic amines) is 1. The van der Waals surface area contributed by atoms with Gasteiger partial charge in [-0.3, -0.25) is 4.90 Å². The van der Waals surface area contributed by atoms with Gasteiger partial charge in [-0.25, -0.2) is 0 Å². The van der Waals surface area contributed by atoms with Crippen LogP contribution >= 0.6 is 0 Å². The summed E-state index contributed by atoms with van der Waals surface area (Å²) in [5, 5.41) is 3.83. The minimum atomic E-state index is 0.672. The Morgan fingerprint density at radius 2 is 1.95 bits per heavy atom. The van der Waals surface area contributed by atoms with E-state index in [1.54, 1.807) is 0 Å². The summed E-state index contributed by atoms with van der Waals surface area (Å²) in [6.07, 6.45) is 5.49. The van der Waals surface area contributed by atoms with Crippen LogP contribution in [0, 0.1) is 5.92 Å². The van der Waals surface area contributed by atoms with Gasteiger partial charge in [0.25, 0.3) is 0 Å². The molecule has 0 aromatic carbocycles. The van der Waals surface area contributed by atoms with Gasteiger partial charge in [0.05, 0.1) is 0 Å². The summed E-state index contributed by atoms with van der Waals surface area (Å²) in [5.41, 5.74) is 0. The van der Waals surface area contributed by atoms with Gasteiger partial charge in [0, 0.05) is 37.3 Å². The van der Waals surface area contributed by atoms with Crippen molar-refractivity contribution in [3.05, 3.63) is 0 Å². The Morgan fingerprint density at radius 1 is 1.26 bits per heavy atom. The Morgan fingerprint density at radius 3 is 2.47 bits per heavy atom. The van der Waals surface area contributed by atoms with Crippen LogP contribution in [0.2, 0.25) is 0 Å². The van der Waals surface area contributed by atoms with E-state index in [0.29, 0.717) is 12.1 Å². The molecule has 3 heteroatoms. The summed E-state index contributed by atoms with van der Waals surface area (Å²) in [5.74, 6) is 0.777. The molecule has 0 aromatic rings. The first-order chi connectivity index (χ1) is 8.97. The highest BCUT2D eigenvalue weighted by molar-refractivity contribution is 4.96. The molecule has 1 saturated carbocycles.